The van der Waals surface area contributed by atoms with E-state index < -0.39 is 6.10 Å². The van der Waals surface area contributed by atoms with E-state index in [2.05, 4.69) is 17.1 Å². The first kappa shape index (κ1) is 16.9. The maximum absolute atomic E-state index is 10.0. The van der Waals surface area contributed by atoms with Crippen molar-refractivity contribution in [1.82, 2.24) is 10.2 Å². The van der Waals surface area contributed by atoms with Gasteiger partial charge in [-0.1, -0.05) is 58.3 Å². The summed E-state index contributed by atoms with van der Waals surface area (Å²) in [7, 11) is 1.56. The van der Waals surface area contributed by atoms with Crippen LogP contribution in [0, 0.1) is 0 Å². The predicted octanol–water partition coefficient (Wildman–Crippen LogP) is 4.05. The van der Waals surface area contributed by atoms with Gasteiger partial charge in [0, 0.05) is 6.07 Å². The van der Waals surface area contributed by atoms with E-state index in [0.29, 0.717) is 11.6 Å². The number of hydrogen-bond donors (Lipinski definition) is 1. The zero-order chi connectivity index (χ0) is 14.6. The van der Waals surface area contributed by atoms with E-state index in [9.17, 15) is 5.11 Å². The molecule has 0 bridgehead atoms. The summed E-state index contributed by atoms with van der Waals surface area (Å²) in [6, 6.07) is 3.51. The normalized spacial score (nSPS) is 12.3. The Morgan fingerprint density at radius 3 is 2.20 bits per heavy atom. The van der Waals surface area contributed by atoms with Crippen LogP contribution in [0.3, 0.4) is 0 Å². The predicted molar refractivity (Wildman–Crippen MR) is 80.8 cm³/mol. The van der Waals surface area contributed by atoms with Crippen molar-refractivity contribution < 1.29 is 9.84 Å². The molecular formula is C16H28N2O2. The smallest absolute Gasteiger partial charge is 0.233 e. The summed E-state index contributed by atoms with van der Waals surface area (Å²) >= 11 is 0. The molecule has 0 saturated heterocycles. The summed E-state index contributed by atoms with van der Waals surface area (Å²) in [4.78, 5) is 0. The first-order valence-corrected chi connectivity index (χ1v) is 7.83. The topological polar surface area (TPSA) is 55.2 Å². The summed E-state index contributed by atoms with van der Waals surface area (Å²) < 4.78 is 4.95. The Labute approximate surface area is 122 Å². The molecule has 0 fully saturated rings. The highest BCUT2D eigenvalue weighted by atomic mass is 16.5. The third-order valence-corrected chi connectivity index (χ3v) is 3.54. The van der Waals surface area contributed by atoms with Crippen LogP contribution in [0.1, 0.15) is 76.5 Å². The molecule has 1 rings (SSSR count). The number of nitrogens with zero attached hydrogens (tertiary/aromatic N) is 2. The summed E-state index contributed by atoms with van der Waals surface area (Å²) in [5, 5.41) is 17.9. The average molecular weight is 280 g/mol. The lowest BCUT2D eigenvalue weighted by molar-refractivity contribution is 0.157. The molecule has 4 heteroatoms. The maximum atomic E-state index is 10.0. The molecule has 4 nitrogen and oxygen atoms in total. The summed E-state index contributed by atoms with van der Waals surface area (Å²) in [5.41, 5.74) is 0.633. The minimum absolute atomic E-state index is 0.480. The number of rotatable bonds is 11. The maximum Gasteiger partial charge on any atom is 0.233 e. The van der Waals surface area contributed by atoms with Crippen LogP contribution < -0.4 is 4.74 Å². The number of hydrogen-bond acceptors (Lipinski definition) is 4. The molecule has 1 unspecified atom stereocenters. The molecule has 114 valence electrons. The molecule has 0 aliphatic heterocycles. The van der Waals surface area contributed by atoms with Gasteiger partial charge in [0.25, 0.3) is 0 Å². The van der Waals surface area contributed by atoms with Crippen LogP contribution in [0.5, 0.6) is 5.88 Å². The lowest BCUT2D eigenvalue weighted by atomic mass is 10.0. The number of aromatic nitrogens is 2. The van der Waals surface area contributed by atoms with Gasteiger partial charge in [-0.05, 0) is 12.5 Å². The third kappa shape index (κ3) is 6.85. The molecule has 0 radical (unpaired) electrons. The Morgan fingerprint density at radius 1 is 1.00 bits per heavy atom. The van der Waals surface area contributed by atoms with E-state index in [0.717, 1.165) is 12.8 Å². The highest BCUT2D eigenvalue weighted by molar-refractivity contribution is 5.12. The second-order valence-corrected chi connectivity index (χ2v) is 5.28. The van der Waals surface area contributed by atoms with E-state index in [4.69, 9.17) is 4.74 Å². The van der Waals surface area contributed by atoms with Crippen molar-refractivity contribution in [2.75, 3.05) is 7.11 Å². The first-order chi connectivity index (χ1) is 9.77. The van der Waals surface area contributed by atoms with Gasteiger partial charge in [-0.25, -0.2) is 0 Å². The highest BCUT2D eigenvalue weighted by Gasteiger charge is 2.09. The molecule has 1 N–H and O–H groups in total. The number of unbranched alkanes of at least 4 members (excludes halogenated alkanes) is 7. The molecule has 1 atom stereocenters. The standard InChI is InChI=1S/C16H28N2O2/c1-3-4-5-6-7-8-9-10-11-15(19)14-12-13-16(20-2)18-17-14/h12-13,15,19H,3-11H2,1-2H3. The molecule has 0 aromatic carbocycles. The van der Waals surface area contributed by atoms with Gasteiger partial charge in [-0.15, -0.1) is 10.2 Å². The third-order valence-electron chi connectivity index (χ3n) is 3.54. The quantitative estimate of drug-likeness (QED) is 0.621. The Bertz CT molecular complexity index is 341. The Kier molecular flexibility index (Phi) is 8.96. The van der Waals surface area contributed by atoms with Crippen molar-refractivity contribution in [1.29, 1.82) is 0 Å². The lowest BCUT2D eigenvalue weighted by Gasteiger charge is -2.09. The monoisotopic (exact) mass is 280 g/mol. The molecule has 0 amide bonds. The van der Waals surface area contributed by atoms with Crippen LogP contribution in [0.15, 0.2) is 12.1 Å². The van der Waals surface area contributed by atoms with Crippen LogP contribution in [0.25, 0.3) is 0 Å². The van der Waals surface area contributed by atoms with Gasteiger partial charge in [0.15, 0.2) is 0 Å². The number of methoxy groups -OCH3 is 1. The molecule has 1 aromatic rings. The summed E-state index contributed by atoms with van der Waals surface area (Å²) in [6.07, 6.45) is 10.4. The van der Waals surface area contributed by atoms with E-state index in [1.165, 1.54) is 44.9 Å². The van der Waals surface area contributed by atoms with Gasteiger partial charge in [0.1, 0.15) is 0 Å². The number of aliphatic hydroxyl groups is 1. The minimum atomic E-state index is -0.506. The van der Waals surface area contributed by atoms with E-state index in [1.54, 1.807) is 19.2 Å². The van der Waals surface area contributed by atoms with Crippen LogP contribution >= 0.6 is 0 Å². The molecule has 0 spiro atoms. The van der Waals surface area contributed by atoms with E-state index in [1.807, 2.05) is 0 Å². The van der Waals surface area contributed by atoms with Crippen molar-refractivity contribution in [2.24, 2.45) is 0 Å². The van der Waals surface area contributed by atoms with Gasteiger partial charge in [0.2, 0.25) is 5.88 Å². The molecule has 1 aromatic heterocycles. The molecule has 20 heavy (non-hydrogen) atoms. The minimum Gasteiger partial charge on any atom is -0.480 e. The second kappa shape index (κ2) is 10.6. The summed E-state index contributed by atoms with van der Waals surface area (Å²) in [6.45, 7) is 2.24. The van der Waals surface area contributed by atoms with Gasteiger partial charge >= 0.3 is 0 Å². The van der Waals surface area contributed by atoms with Gasteiger partial charge in [0.05, 0.1) is 18.9 Å². The largest absolute Gasteiger partial charge is 0.480 e. The van der Waals surface area contributed by atoms with Crippen LogP contribution in [-0.2, 0) is 0 Å². The van der Waals surface area contributed by atoms with Crippen molar-refractivity contribution in [3.05, 3.63) is 17.8 Å². The number of aliphatic hydroxyl groups excluding tert-OH is 1. The van der Waals surface area contributed by atoms with Gasteiger partial charge in [-0.3, -0.25) is 0 Å². The van der Waals surface area contributed by atoms with Gasteiger partial charge < -0.3 is 9.84 Å². The molecule has 0 aliphatic carbocycles. The Morgan fingerprint density at radius 2 is 1.65 bits per heavy atom. The molecule has 0 saturated carbocycles. The lowest BCUT2D eigenvalue weighted by Crippen LogP contribution is -2.02. The fourth-order valence-electron chi connectivity index (χ4n) is 2.24. The van der Waals surface area contributed by atoms with Crippen molar-refractivity contribution in [2.45, 2.75) is 70.8 Å². The summed E-state index contributed by atoms with van der Waals surface area (Å²) in [5.74, 6) is 0.480. The van der Waals surface area contributed by atoms with Crippen LogP contribution in [-0.4, -0.2) is 22.4 Å². The van der Waals surface area contributed by atoms with E-state index in [-0.39, 0.29) is 0 Å². The second-order valence-electron chi connectivity index (χ2n) is 5.28. The van der Waals surface area contributed by atoms with E-state index >= 15 is 0 Å². The zero-order valence-corrected chi connectivity index (χ0v) is 12.8. The zero-order valence-electron chi connectivity index (χ0n) is 12.8. The van der Waals surface area contributed by atoms with Crippen LogP contribution in [0.4, 0.5) is 0 Å². The Balaban J connectivity index is 2.08. The molecule has 1 heterocycles. The number of ether oxygens (including phenoxy) is 1. The fourth-order valence-corrected chi connectivity index (χ4v) is 2.24. The SMILES string of the molecule is CCCCCCCCCCC(O)c1ccc(OC)nn1. The van der Waals surface area contributed by atoms with Crippen molar-refractivity contribution >= 4 is 0 Å². The van der Waals surface area contributed by atoms with Crippen LogP contribution in [0.2, 0.25) is 0 Å². The molecule has 0 aliphatic rings. The Hall–Kier alpha value is -1.16. The average Bonchev–Trinajstić information content (AvgIpc) is 2.50. The first-order valence-electron chi connectivity index (χ1n) is 7.83. The molecular weight excluding hydrogens is 252 g/mol. The van der Waals surface area contributed by atoms with Crippen molar-refractivity contribution in [3.8, 4) is 5.88 Å². The van der Waals surface area contributed by atoms with Gasteiger partial charge in [-0.2, -0.15) is 0 Å². The van der Waals surface area contributed by atoms with Crippen molar-refractivity contribution in [3.63, 3.8) is 0 Å². The fraction of sp³-hybridized carbons (Fsp3) is 0.750. The highest BCUT2D eigenvalue weighted by Crippen LogP contribution is 2.19.